The molecule has 2 aliphatic rings. The highest BCUT2D eigenvalue weighted by molar-refractivity contribution is 5.93. The van der Waals surface area contributed by atoms with Crippen LogP contribution < -0.4 is 10.9 Å². The van der Waals surface area contributed by atoms with Gasteiger partial charge in [-0.1, -0.05) is 48.9 Å². The highest BCUT2D eigenvalue weighted by Crippen LogP contribution is 2.33. The van der Waals surface area contributed by atoms with Gasteiger partial charge in [-0.3, -0.25) is 14.5 Å². The summed E-state index contributed by atoms with van der Waals surface area (Å²) in [5.74, 6) is 0.113. The molecule has 1 aliphatic carbocycles. The average molecular weight is 447 g/mol. The number of aromatic nitrogens is 2. The molecule has 2 aromatic carbocycles. The van der Waals surface area contributed by atoms with E-state index in [1.165, 1.54) is 23.9 Å². The van der Waals surface area contributed by atoms with Gasteiger partial charge in [0, 0.05) is 43.7 Å². The number of nitrogens with zero attached hydrogens (tertiary/aromatic N) is 2. The van der Waals surface area contributed by atoms with Crippen LogP contribution in [0.4, 0.5) is 4.39 Å². The van der Waals surface area contributed by atoms with E-state index in [1.54, 1.807) is 6.07 Å². The minimum Gasteiger partial charge on any atom is -0.347 e. The van der Waals surface area contributed by atoms with Gasteiger partial charge in [0.25, 0.3) is 11.5 Å². The van der Waals surface area contributed by atoms with E-state index < -0.39 is 11.5 Å². The molecule has 33 heavy (non-hydrogen) atoms. The maximum atomic E-state index is 14.0. The van der Waals surface area contributed by atoms with Crippen molar-refractivity contribution in [3.63, 3.8) is 0 Å². The molecule has 1 saturated heterocycles. The second kappa shape index (κ2) is 9.27. The molecule has 2 atom stereocenters. The monoisotopic (exact) mass is 446 g/mol. The third-order valence-electron chi connectivity index (χ3n) is 6.79. The summed E-state index contributed by atoms with van der Waals surface area (Å²) in [5, 5.41) is 3.03. The van der Waals surface area contributed by atoms with Crippen molar-refractivity contribution in [3.05, 3.63) is 99.5 Å². The number of benzene rings is 2. The van der Waals surface area contributed by atoms with Crippen LogP contribution in [-0.2, 0) is 6.54 Å². The maximum Gasteiger partial charge on any atom is 0.263 e. The Hall–Kier alpha value is -3.32. The first-order valence-corrected chi connectivity index (χ1v) is 11.5. The zero-order valence-corrected chi connectivity index (χ0v) is 18.3. The lowest BCUT2D eigenvalue weighted by atomic mass is 9.85. The van der Waals surface area contributed by atoms with Crippen LogP contribution in [0.1, 0.15) is 58.4 Å². The molecule has 1 saturated carbocycles. The summed E-state index contributed by atoms with van der Waals surface area (Å²) in [7, 11) is 0. The number of halogens is 1. The number of nitrogens with one attached hydrogen (secondary N) is 2. The molecule has 3 aromatic rings. The van der Waals surface area contributed by atoms with Crippen molar-refractivity contribution >= 4 is 5.91 Å². The van der Waals surface area contributed by atoms with Crippen molar-refractivity contribution in [1.29, 1.82) is 0 Å². The van der Waals surface area contributed by atoms with Gasteiger partial charge in [0.15, 0.2) is 0 Å². The van der Waals surface area contributed by atoms with Gasteiger partial charge in [-0.15, -0.1) is 0 Å². The number of likely N-dealkylation sites (tertiary alicyclic amines) is 1. The first-order valence-electron chi connectivity index (χ1n) is 11.5. The minimum atomic E-state index is -0.447. The maximum absolute atomic E-state index is 14.0. The molecule has 5 rings (SSSR count). The lowest BCUT2D eigenvalue weighted by Gasteiger charge is -2.24. The summed E-state index contributed by atoms with van der Waals surface area (Å²) in [6.45, 7) is 2.02. The molecule has 1 aromatic heterocycles. The Bertz CT molecular complexity index is 1190. The average Bonchev–Trinajstić information content (AvgIpc) is 3.15. The normalized spacial score (nSPS) is 21.0. The van der Waals surface area contributed by atoms with Gasteiger partial charge < -0.3 is 10.3 Å². The van der Waals surface area contributed by atoms with Gasteiger partial charge >= 0.3 is 0 Å². The number of carbonyl (C=O) groups is 1. The number of hydrogen-bond acceptors (Lipinski definition) is 4. The SMILES string of the molecule is O=C(N[C@@H]1CN(Cc2ccccc2)C[C@H]1c1cccc(F)c1)c1cnc(C2CCC2)[nH]c1=O. The molecule has 0 spiro atoms. The first-order chi connectivity index (χ1) is 16.1. The Balaban J connectivity index is 1.35. The summed E-state index contributed by atoms with van der Waals surface area (Å²) in [6, 6.07) is 16.4. The van der Waals surface area contributed by atoms with Crippen LogP contribution in [0.5, 0.6) is 0 Å². The third-order valence-corrected chi connectivity index (χ3v) is 6.79. The fourth-order valence-electron chi connectivity index (χ4n) is 4.78. The van der Waals surface area contributed by atoms with Crippen molar-refractivity contribution in [2.45, 2.75) is 43.7 Å². The largest absolute Gasteiger partial charge is 0.347 e. The van der Waals surface area contributed by atoms with Crippen LogP contribution in [0.2, 0.25) is 0 Å². The second-order valence-electron chi connectivity index (χ2n) is 9.06. The van der Waals surface area contributed by atoms with E-state index in [-0.39, 0.29) is 29.3 Å². The Morgan fingerprint density at radius 2 is 1.94 bits per heavy atom. The molecule has 1 aliphatic heterocycles. The number of rotatable bonds is 6. The number of aromatic amines is 1. The fourth-order valence-corrected chi connectivity index (χ4v) is 4.78. The summed E-state index contributed by atoms with van der Waals surface area (Å²) in [6.07, 6.45) is 4.56. The Morgan fingerprint density at radius 3 is 2.64 bits per heavy atom. The van der Waals surface area contributed by atoms with Gasteiger partial charge in [0.05, 0.1) is 0 Å². The van der Waals surface area contributed by atoms with Gasteiger partial charge in [-0.05, 0) is 36.1 Å². The topological polar surface area (TPSA) is 78.1 Å². The highest BCUT2D eigenvalue weighted by Gasteiger charge is 2.35. The molecule has 2 fully saturated rings. The molecule has 6 nitrogen and oxygen atoms in total. The minimum absolute atomic E-state index is 0.0116. The molecule has 0 unspecified atom stereocenters. The van der Waals surface area contributed by atoms with E-state index in [0.29, 0.717) is 18.9 Å². The van der Waals surface area contributed by atoms with E-state index in [9.17, 15) is 14.0 Å². The molecule has 170 valence electrons. The lowest BCUT2D eigenvalue weighted by molar-refractivity contribution is 0.0933. The van der Waals surface area contributed by atoms with Crippen molar-refractivity contribution < 1.29 is 9.18 Å². The lowest BCUT2D eigenvalue weighted by Crippen LogP contribution is -2.42. The van der Waals surface area contributed by atoms with E-state index in [0.717, 1.165) is 31.4 Å². The number of H-pyrrole nitrogens is 1. The van der Waals surface area contributed by atoms with Crippen molar-refractivity contribution in [3.8, 4) is 0 Å². The number of carbonyl (C=O) groups excluding carboxylic acids is 1. The predicted molar refractivity (Wildman–Crippen MR) is 124 cm³/mol. The first kappa shape index (κ1) is 21.5. The summed E-state index contributed by atoms with van der Waals surface area (Å²) < 4.78 is 14.0. The van der Waals surface area contributed by atoms with Crippen molar-refractivity contribution in [2.75, 3.05) is 13.1 Å². The zero-order chi connectivity index (χ0) is 22.8. The molecule has 7 heteroatoms. The smallest absolute Gasteiger partial charge is 0.263 e. The van der Waals surface area contributed by atoms with Crippen LogP contribution in [0.25, 0.3) is 0 Å². The van der Waals surface area contributed by atoms with Crippen LogP contribution in [0.3, 0.4) is 0 Å². The Labute approximate surface area is 191 Å². The number of hydrogen-bond donors (Lipinski definition) is 2. The predicted octanol–water partition coefficient (Wildman–Crippen LogP) is 3.57. The van der Waals surface area contributed by atoms with E-state index in [4.69, 9.17) is 0 Å². The quantitative estimate of drug-likeness (QED) is 0.607. The van der Waals surface area contributed by atoms with Crippen molar-refractivity contribution in [1.82, 2.24) is 20.2 Å². The molecule has 0 bridgehead atoms. The molecule has 0 radical (unpaired) electrons. The van der Waals surface area contributed by atoms with E-state index in [2.05, 4.69) is 32.3 Å². The Kier molecular flexibility index (Phi) is 6.05. The third kappa shape index (κ3) is 4.73. The van der Waals surface area contributed by atoms with Crippen LogP contribution in [-0.4, -0.2) is 39.9 Å². The summed E-state index contributed by atoms with van der Waals surface area (Å²) in [4.78, 5) is 35.0. The van der Waals surface area contributed by atoms with Gasteiger partial charge in [0.1, 0.15) is 17.2 Å². The fraction of sp³-hybridized carbons (Fsp3) is 0.346. The molecule has 1 amide bonds. The van der Waals surface area contributed by atoms with Gasteiger partial charge in [0.2, 0.25) is 0 Å². The van der Waals surface area contributed by atoms with Gasteiger partial charge in [-0.25, -0.2) is 9.37 Å². The van der Waals surface area contributed by atoms with Crippen LogP contribution in [0.15, 0.2) is 65.6 Å². The van der Waals surface area contributed by atoms with E-state index >= 15 is 0 Å². The summed E-state index contributed by atoms with van der Waals surface area (Å²) in [5.41, 5.74) is 1.61. The van der Waals surface area contributed by atoms with Crippen molar-refractivity contribution in [2.24, 2.45) is 0 Å². The standard InChI is InChI=1S/C26H27FN4O2/c27-20-11-5-10-19(12-20)22-15-31(14-17-6-2-1-3-7-17)16-23(22)29-25(32)21-13-28-24(30-26(21)33)18-8-4-9-18/h1-3,5-7,10-13,18,22-23H,4,8-9,14-16H2,(H,29,32)(H,28,30,33)/t22-,23+/m0/s1. The molecule has 2 heterocycles. The zero-order valence-electron chi connectivity index (χ0n) is 18.3. The molecular formula is C26H27FN4O2. The second-order valence-corrected chi connectivity index (χ2v) is 9.06. The van der Waals surface area contributed by atoms with Gasteiger partial charge in [-0.2, -0.15) is 0 Å². The summed E-state index contributed by atoms with van der Waals surface area (Å²) >= 11 is 0. The van der Waals surface area contributed by atoms with E-state index in [1.807, 2.05) is 24.3 Å². The molecule has 2 N–H and O–H groups in total. The molecular weight excluding hydrogens is 419 g/mol. The van der Waals surface area contributed by atoms with Crippen LogP contribution >= 0.6 is 0 Å². The highest BCUT2D eigenvalue weighted by atomic mass is 19.1. The number of amides is 1. The van der Waals surface area contributed by atoms with Crippen LogP contribution in [0, 0.1) is 5.82 Å². The Morgan fingerprint density at radius 1 is 1.12 bits per heavy atom.